The zero-order valence-corrected chi connectivity index (χ0v) is 20.0. The Morgan fingerprint density at radius 1 is 1.12 bits per heavy atom. The van der Waals surface area contributed by atoms with E-state index in [0.29, 0.717) is 21.9 Å². The number of hydrogen-bond donors (Lipinski definition) is 2. The predicted molar refractivity (Wildman–Crippen MR) is 132 cm³/mol. The summed E-state index contributed by atoms with van der Waals surface area (Å²) in [4.78, 5) is 32.4. The van der Waals surface area contributed by atoms with E-state index in [1.165, 1.54) is 17.4 Å². The molecule has 1 aliphatic heterocycles. The molecule has 2 aromatic carbocycles. The summed E-state index contributed by atoms with van der Waals surface area (Å²) in [5.74, 6) is -0.592. The molecule has 0 radical (unpaired) electrons. The van der Waals surface area contributed by atoms with E-state index in [9.17, 15) is 14.0 Å². The van der Waals surface area contributed by atoms with Gasteiger partial charge in [0.05, 0.1) is 9.88 Å². The molecule has 1 saturated carbocycles. The lowest BCUT2D eigenvalue weighted by Gasteiger charge is -2.31. The summed E-state index contributed by atoms with van der Waals surface area (Å²) < 4.78 is 14.8. The summed E-state index contributed by atoms with van der Waals surface area (Å²) >= 11 is 1.40. The van der Waals surface area contributed by atoms with Gasteiger partial charge in [-0.1, -0.05) is 42.3 Å². The number of rotatable bonds is 7. The number of aromatic nitrogens is 1. The fourth-order valence-corrected chi connectivity index (χ4v) is 5.77. The maximum Gasteiger partial charge on any atom is 0.251 e. The number of carbonyl (C=O) groups is 2. The molecule has 2 atom stereocenters. The van der Waals surface area contributed by atoms with Crippen LogP contribution in [0.4, 0.5) is 4.39 Å². The second-order valence-corrected chi connectivity index (χ2v) is 10.3. The average molecular weight is 478 g/mol. The van der Waals surface area contributed by atoms with Gasteiger partial charge < -0.3 is 10.6 Å². The summed E-state index contributed by atoms with van der Waals surface area (Å²) in [5, 5.41) is 7.29. The van der Waals surface area contributed by atoms with Gasteiger partial charge in [-0.2, -0.15) is 0 Å². The van der Waals surface area contributed by atoms with Crippen LogP contribution in [0.15, 0.2) is 48.5 Å². The van der Waals surface area contributed by atoms with Gasteiger partial charge in [0.25, 0.3) is 5.91 Å². The minimum absolute atomic E-state index is 0.199. The largest absolute Gasteiger partial charge is 0.340 e. The summed E-state index contributed by atoms with van der Waals surface area (Å²) in [6.45, 7) is 2.72. The molecule has 5 rings (SSSR count). The lowest BCUT2D eigenvalue weighted by Crippen LogP contribution is -2.55. The molecule has 34 heavy (non-hydrogen) atoms. The average Bonchev–Trinajstić information content (AvgIpc) is 3.61. The van der Waals surface area contributed by atoms with Gasteiger partial charge in [0, 0.05) is 23.1 Å². The van der Waals surface area contributed by atoms with Gasteiger partial charge in [0.1, 0.15) is 17.6 Å². The molecule has 0 spiro atoms. The number of piperidine rings is 1. The number of halogens is 1. The molecule has 7 heteroatoms. The molecule has 5 nitrogen and oxygen atoms in total. The number of amides is 1. The lowest BCUT2D eigenvalue weighted by molar-refractivity contribution is 0.0823. The van der Waals surface area contributed by atoms with Crippen LogP contribution < -0.4 is 10.6 Å². The van der Waals surface area contributed by atoms with Crippen LogP contribution in [-0.4, -0.2) is 35.3 Å². The van der Waals surface area contributed by atoms with Crippen molar-refractivity contribution >= 4 is 23.0 Å². The van der Waals surface area contributed by atoms with E-state index < -0.39 is 6.04 Å². The van der Waals surface area contributed by atoms with Gasteiger partial charge in [-0.15, -0.1) is 11.3 Å². The zero-order valence-electron chi connectivity index (χ0n) is 19.1. The molecule has 2 fully saturated rings. The molecular formula is C27H28FN3O2S. The minimum atomic E-state index is -0.784. The molecule has 1 amide bonds. The van der Waals surface area contributed by atoms with Crippen molar-refractivity contribution < 1.29 is 14.0 Å². The highest BCUT2D eigenvalue weighted by molar-refractivity contribution is 7.15. The molecule has 2 heterocycles. The Morgan fingerprint density at radius 3 is 2.65 bits per heavy atom. The maximum absolute atomic E-state index is 14.8. The van der Waals surface area contributed by atoms with Gasteiger partial charge in [-0.25, -0.2) is 9.37 Å². The first-order valence-electron chi connectivity index (χ1n) is 11.9. The molecule has 2 unspecified atom stereocenters. The molecule has 1 aromatic heterocycles. The Bertz CT molecular complexity index is 1210. The molecule has 3 aromatic rings. The molecule has 0 bridgehead atoms. The first kappa shape index (κ1) is 22.9. The predicted octanol–water partition coefficient (Wildman–Crippen LogP) is 5.26. The number of thiazole rings is 1. The third-order valence-corrected chi connectivity index (χ3v) is 7.77. The van der Waals surface area contributed by atoms with Crippen molar-refractivity contribution in [3.05, 3.63) is 76.2 Å². The van der Waals surface area contributed by atoms with Gasteiger partial charge in [-0.3, -0.25) is 9.59 Å². The molecule has 1 aliphatic carbocycles. The SMILES string of the molecule is Cc1cccc(C(=O)NC(C(=O)c2nc(C3CC3)sc2-c2ccccc2F)C2CCCCN2)c1. The van der Waals surface area contributed by atoms with Gasteiger partial charge in [-0.05, 0) is 57.4 Å². The van der Waals surface area contributed by atoms with E-state index >= 15 is 0 Å². The highest BCUT2D eigenvalue weighted by Crippen LogP contribution is 2.45. The fraction of sp³-hybridized carbons (Fsp3) is 0.370. The van der Waals surface area contributed by atoms with Crippen LogP contribution in [0.2, 0.25) is 0 Å². The van der Waals surface area contributed by atoms with Crippen LogP contribution in [0.1, 0.15) is 69.4 Å². The smallest absolute Gasteiger partial charge is 0.251 e. The fourth-order valence-electron chi connectivity index (χ4n) is 4.51. The van der Waals surface area contributed by atoms with E-state index in [2.05, 4.69) is 10.6 Å². The number of benzene rings is 2. The highest BCUT2D eigenvalue weighted by Gasteiger charge is 2.37. The van der Waals surface area contributed by atoms with Crippen molar-refractivity contribution in [3.8, 4) is 10.4 Å². The Morgan fingerprint density at radius 2 is 1.94 bits per heavy atom. The van der Waals surface area contributed by atoms with Crippen molar-refractivity contribution in [2.75, 3.05) is 6.54 Å². The van der Waals surface area contributed by atoms with Crippen LogP contribution in [0, 0.1) is 12.7 Å². The summed E-state index contributed by atoms with van der Waals surface area (Å²) in [6.07, 6.45) is 4.86. The monoisotopic (exact) mass is 477 g/mol. The van der Waals surface area contributed by atoms with Crippen molar-refractivity contribution in [2.45, 2.75) is 57.0 Å². The number of nitrogens with zero attached hydrogens (tertiary/aromatic N) is 1. The van der Waals surface area contributed by atoms with Crippen molar-refractivity contribution in [1.82, 2.24) is 15.6 Å². The summed E-state index contributed by atoms with van der Waals surface area (Å²) in [5.41, 5.74) is 2.14. The molecule has 2 N–H and O–H groups in total. The van der Waals surface area contributed by atoms with E-state index in [4.69, 9.17) is 4.98 Å². The third kappa shape index (κ3) is 4.81. The topological polar surface area (TPSA) is 71.1 Å². The van der Waals surface area contributed by atoms with E-state index in [1.54, 1.807) is 24.3 Å². The van der Waals surface area contributed by atoms with E-state index in [1.807, 2.05) is 25.1 Å². The van der Waals surface area contributed by atoms with E-state index in [0.717, 1.165) is 49.2 Å². The Labute approximate surface area is 202 Å². The van der Waals surface area contributed by atoms with Crippen molar-refractivity contribution in [2.24, 2.45) is 0 Å². The zero-order chi connectivity index (χ0) is 23.7. The number of aryl methyl sites for hydroxylation is 1. The van der Waals surface area contributed by atoms with Crippen LogP contribution in [0.25, 0.3) is 10.4 Å². The molecular weight excluding hydrogens is 449 g/mol. The van der Waals surface area contributed by atoms with Gasteiger partial charge in [0.2, 0.25) is 5.78 Å². The minimum Gasteiger partial charge on any atom is -0.340 e. The number of nitrogens with one attached hydrogen (secondary N) is 2. The normalized spacial score (nSPS) is 18.9. The van der Waals surface area contributed by atoms with Gasteiger partial charge in [0.15, 0.2) is 0 Å². The highest BCUT2D eigenvalue weighted by atomic mass is 32.1. The van der Waals surface area contributed by atoms with E-state index in [-0.39, 0.29) is 29.2 Å². The molecule has 176 valence electrons. The number of Topliss-reactive ketones (excluding diaryl/α,β-unsaturated/α-hetero) is 1. The summed E-state index contributed by atoms with van der Waals surface area (Å²) in [6, 6.07) is 12.8. The van der Waals surface area contributed by atoms with Crippen LogP contribution in [-0.2, 0) is 0 Å². The molecule has 1 saturated heterocycles. The Kier molecular flexibility index (Phi) is 6.57. The third-order valence-electron chi connectivity index (χ3n) is 6.52. The van der Waals surface area contributed by atoms with Crippen molar-refractivity contribution in [3.63, 3.8) is 0 Å². The number of ketones is 1. The molecule has 2 aliphatic rings. The van der Waals surface area contributed by atoms with Crippen molar-refractivity contribution in [1.29, 1.82) is 0 Å². The standard InChI is InChI=1S/C27H28FN3O2S/c1-16-7-6-8-18(15-16)26(33)30-22(21-11-4-5-14-29-21)24(32)23-25(19-9-2-3-10-20(19)28)34-27(31-23)17-12-13-17/h2-3,6-10,15,17,21-22,29H,4-5,11-14H2,1H3,(H,30,33). The van der Waals surface area contributed by atoms with Crippen LogP contribution in [0.3, 0.4) is 0 Å². The second-order valence-electron chi connectivity index (χ2n) is 9.23. The first-order chi connectivity index (χ1) is 16.5. The lowest BCUT2D eigenvalue weighted by atomic mass is 9.92. The number of hydrogen-bond acceptors (Lipinski definition) is 5. The Hall–Kier alpha value is -2.90. The number of carbonyl (C=O) groups excluding carboxylic acids is 2. The summed E-state index contributed by atoms with van der Waals surface area (Å²) in [7, 11) is 0. The first-order valence-corrected chi connectivity index (χ1v) is 12.7. The van der Waals surface area contributed by atoms with Gasteiger partial charge >= 0.3 is 0 Å². The maximum atomic E-state index is 14.8. The van der Waals surface area contributed by atoms with Crippen LogP contribution in [0.5, 0.6) is 0 Å². The quantitative estimate of drug-likeness (QED) is 0.456. The Balaban J connectivity index is 1.52. The second kappa shape index (κ2) is 9.76. The van der Waals surface area contributed by atoms with Crippen LogP contribution >= 0.6 is 11.3 Å².